The number of benzene rings is 1. The Morgan fingerprint density at radius 2 is 2.07 bits per heavy atom. The Bertz CT molecular complexity index is 772. The number of carbonyl (C=O) groups is 4. The summed E-state index contributed by atoms with van der Waals surface area (Å²) in [5, 5.41) is 2.50. The zero-order valence-corrected chi connectivity index (χ0v) is 15.8. The molecular formula is C17H19FN2O6S. The van der Waals surface area contributed by atoms with Gasteiger partial charge in [0.2, 0.25) is 5.91 Å². The second kappa shape index (κ2) is 8.85. The zero-order chi connectivity index (χ0) is 20.1. The average molecular weight is 398 g/mol. The fraction of sp³-hybridized carbons (Fsp3) is 0.412. The predicted octanol–water partition coefficient (Wildman–Crippen LogP) is 1.86. The number of thioether (sulfide) groups is 1. The fourth-order valence-electron chi connectivity index (χ4n) is 2.46. The van der Waals surface area contributed by atoms with Crippen LogP contribution in [-0.4, -0.2) is 48.9 Å². The van der Waals surface area contributed by atoms with Crippen molar-refractivity contribution in [2.24, 2.45) is 0 Å². The molecule has 1 N–H and O–H groups in total. The van der Waals surface area contributed by atoms with Crippen molar-refractivity contribution < 1.29 is 33.0 Å². The minimum absolute atomic E-state index is 0.0852. The van der Waals surface area contributed by atoms with E-state index in [-0.39, 0.29) is 34.4 Å². The number of hydrogen-bond acceptors (Lipinski definition) is 7. The van der Waals surface area contributed by atoms with E-state index in [4.69, 9.17) is 4.74 Å². The van der Waals surface area contributed by atoms with Gasteiger partial charge >= 0.3 is 12.1 Å². The topological polar surface area (TPSA) is 102 Å². The fourth-order valence-corrected chi connectivity index (χ4v) is 3.24. The van der Waals surface area contributed by atoms with E-state index in [1.54, 1.807) is 6.92 Å². The van der Waals surface area contributed by atoms with Crippen LogP contribution in [0.3, 0.4) is 0 Å². The SMILES string of the molecule is COC(=O)CC(=O)CSc1ccc(N2C(=O)O[C@H](NC(C)=O)C2C)cc1F. The molecule has 2 atom stereocenters. The molecule has 2 amide bonds. The third-order valence-electron chi connectivity index (χ3n) is 3.77. The van der Waals surface area contributed by atoms with Crippen molar-refractivity contribution in [3.05, 3.63) is 24.0 Å². The minimum atomic E-state index is -0.831. The summed E-state index contributed by atoms with van der Waals surface area (Å²) in [6.07, 6.45) is -1.90. The van der Waals surface area contributed by atoms with Crippen LogP contribution < -0.4 is 10.2 Å². The molecule has 1 saturated heterocycles. The van der Waals surface area contributed by atoms with E-state index < -0.39 is 30.1 Å². The third-order valence-corrected chi connectivity index (χ3v) is 4.88. The maximum Gasteiger partial charge on any atom is 0.416 e. The number of methoxy groups -OCH3 is 1. The summed E-state index contributed by atoms with van der Waals surface area (Å²) < 4.78 is 23.9. The van der Waals surface area contributed by atoms with Crippen LogP contribution in [0.15, 0.2) is 23.1 Å². The lowest BCUT2D eigenvalue weighted by molar-refractivity contribution is -0.142. The average Bonchev–Trinajstić information content (AvgIpc) is 2.86. The number of carbonyl (C=O) groups excluding carboxylic acids is 4. The van der Waals surface area contributed by atoms with E-state index in [0.29, 0.717) is 0 Å². The van der Waals surface area contributed by atoms with Gasteiger partial charge in [-0.05, 0) is 25.1 Å². The van der Waals surface area contributed by atoms with Gasteiger partial charge in [-0.1, -0.05) is 0 Å². The number of hydrogen-bond donors (Lipinski definition) is 1. The van der Waals surface area contributed by atoms with Crippen molar-refractivity contribution in [3.8, 4) is 0 Å². The highest BCUT2D eigenvalue weighted by Gasteiger charge is 2.40. The number of anilines is 1. The summed E-state index contributed by atoms with van der Waals surface area (Å²) in [5.41, 5.74) is 0.267. The van der Waals surface area contributed by atoms with Gasteiger partial charge in [0.05, 0.1) is 24.6 Å². The molecule has 146 valence electrons. The zero-order valence-electron chi connectivity index (χ0n) is 15.0. The lowest BCUT2D eigenvalue weighted by Gasteiger charge is -2.21. The highest BCUT2D eigenvalue weighted by Crippen LogP contribution is 2.30. The molecule has 0 bridgehead atoms. The third kappa shape index (κ3) is 5.19. The van der Waals surface area contributed by atoms with Crippen LogP contribution in [0.25, 0.3) is 0 Å². The molecule has 1 unspecified atom stereocenters. The molecule has 8 nitrogen and oxygen atoms in total. The molecule has 1 fully saturated rings. The molecule has 1 aliphatic heterocycles. The number of rotatable bonds is 7. The molecule has 0 aromatic heterocycles. The van der Waals surface area contributed by atoms with Crippen LogP contribution in [0.1, 0.15) is 20.3 Å². The summed E-state index contributed by atoms with van der Waals surface area (Å²) in [7, 11) is 1.18. The highest BCUT2D eigenvalue weighted by molar-refractivity contribution is 8.00. The number of halogens is 1. The number of cyclic esters (lactones) is 1. The van der Waals surface area contributed by atoms with E-state index >= 15 is 0 Å². The van der Waals surface area contributed by atoms with Gasteiger partial charge in [0.15, 0.2) is 12.0 Å². The smallest absolute Gasteiger partial charge is 0.416 e. The Morgan fingerprint density at radius 3 is 2.67 bits per heavy atom. The molecule has 27 heavy (non-hydrogen) atoms. The van der Waals surface area contributed by atoms with Crippen molar-refractivity contribution in [1.82, 2.24) is 5.32 Å². The molecule has 1 aliphatic rings. The van der Waals surface area contributed by atoms with Crippen LogP contribution in [-0.2, 0) is 23.9 Å². The standard InChI is InChI=1S/C17H19FN2O6S/c1-9-16(19-10(2)21)26-17(24)20(9)11-4-5-14(13(18)6-11)27-8-12(22)7-15(23)25-3/h4-6,9,16H,7-8H2,1-3H3,(H,19,21)/t9?,16-/m0/s1. The molecule has 0 saturated carbocycles. The van der Waals surface area contributed by atoms with Gasteiger partial charge in [-0.3, -0.25) is 19.3 Å². The Hall–Kier alpha value is -2.62. The van der Waals surface area contributed by atoms with Crippen molar-refractivity contribution >= 4 is 41.2 Å². The molecule has 0 radical (unpaired) electrons. The first-order valence-electron chi connectivity index (χ1n) is 8.00. The molecule has 0 spiro atoms. The van der Waals surface area contributed by atoms with Crippen molar-refractivity contribution in [3.63, 3.8) is 0 Å². The van der Waals surface area contributed by atoms with E-state index in [1.807, 2.05) is 0 Å². The normalized spacial score (nSPS) is 18.8. The van der Waals surface area contributed by atoms with Crippen LogP contribution in [0.5, 0.6) is 0 Å². The van der Waals surface area contributed by atoms with E-state index in [9.17, 15) is 23.6 Å². The van der Waals surface area contributed by atoms with Crippen molar-refractivity contribution in [2.45, 2.75) is 37.4 Å². The van der Waals surface area contributed by atoms with Crippen LogP contribution >= 0.6 is 11.8 Å². The van der Waals surface area contributed by atoms with E-state index in [0.717, 1.165) is 17.8 Å². The first kappa shape index (κ1) is 20.7. The number of ether oxygens (including phenoxy) is 2. The second-order valence-corrected chi connectivity index (χ2v) is 6.83. The van der Waals surface area contributed by atoms with Gasteiger partial charge < -0.3 is 14.8 Å². The lowest BCUT2D eigenvalue weighted by Crippen LogP contribution is -2.43. The first-order chi connectivity index (χ1) is 12.7. The van der Waals surface area contributed by atoms with E-state index in [1.165, 1.54) is 31.1 Å². The number of amides is 2. The molecule has 1 heterocycles. The Balaban J connectivity index is 2.05. The molecule has 0 aliphatic carbocycles. The molecule has 10 heteroatoms. The molecule has 2 rings (SSSR count). The van der Waals surface area contributed by atoms with Gasteiger partial charge in [0.25, 0.3) is 0 Å². The largest absolute Gasteiger partial charge is 0.469 e. The van der Waals surface area contributed by atoms with Gasteiger partial charge in [-0.25, -0.2) is 9.18 Å². The summed E-state index contributed by atoms with van der Waals surface area (Å²) in [6.45, 7) is 2.97. The Labute approximate surface area is 159 Å². The van der Waals surface area contributed by atoms with Gasteiger partial charge in [-0.15, -0.1) is 11.8 Å². The summed E-state index contributed by atoms with van der Waals surface area (Å²) in [4.78, 5) is 47.3. The second-order valence-electron chi connectivity index (χ2n) is 5.81. The molecule has 1 aromatic rings. The monoisotopic (exact) mass is 398 g/mol. The highest BCUT2D eigenvalue weighted by atomic mass is 32.2. The maximum atomic E-state index is 14.4. The van der Waals surface area contributed by atoms with E-state index in [2.05, 4.69) is 10.1 Å². The van der Waals surface area contributed by atoms with Gasteiger partial charge in [0.1, 0.15) is 12.2 Å². The first-order valence-corrected chi connectivity index (χ1v) is 8.99. The lowest BCUT2D eigenvalue weighted by atomic mass is 10.2. The van der Waals surface area contributed by atoms with Crippen LogP contribution in [0.2, 0.25) is 0 Å². The number of Topliss-reactive ketones (excluding diaryl/α,β-unsaturated/α-hetero) is 1. The Morgan fingerprint density at radius 1 is 1.37 bits per heavy atom. The molecular weight excluding hydrogens is 379 g/mol. The quantitative estimate of drug-likeness (QED) is 0.425. The minimum Gasteiger partial charge on any atom is -0.469 e. The summed E-state index contributed by atoms with van der Waals surface area (Å²) >= 11 is 0.945. The summed E-state index contributed by atoms with van der Waals surface area (Å²) in [5.74, 6) is -2.09. The number of nitrogens with zero attached hydrogens (tertiary/aromatic N) is 1. The Kier molecular flexibility index (Phi) is 6.78. The maximum absolute atomic E-state index is 14.4. The number of esters is 1. The van der Waals surface area contributed by atoms with Crippen molar-refractivity contribution in [1.29, 1.82) is 0 Å². The van der Waals surface area contributed by atoms with Crippen LogP contribution in [0.4, 0.5) is 14.9 Å². The number of nitrogens with one attached hydrogen (secondary N) is 1. The predicted molar refractivity (Wildman–Crippen MR) is 94.8 cm³/mol. The van der Waals surface area contributed by atoms with Gasteiger partial charge in [0, 0.05) is 11.8 Å². The van der Waals surface area contributed by atoms with Crippen molar-refractivity contribution in [2.75, 3.05) is 17.8 Å². The van der Waals surface area contributed by atoms with Crippen LogP contribution in [0, 0.1) is 5.82 Å². The molecule has 1 aromatic carbocycles. The number of ketones is 1. The van der Waals surface area contributed by atoms with Gasteiger partial charge in [-0.2, -0.15) is 0 Å². The summed E-state index contributed by atoms with van der Waals surface area (Å²) in [6, 6.07) is 3.58.